The number of ether oxygens (including phenoxy) is 1. The second-order valence-corrected chi connectivity index (χ2v) is 3.72. The van der Waals surface area contributed by atoms with Gasteiger partial charge in [-0.05, 0) is 12.0 Å². The highest BCUT2D eigenvalue weighted by Gasteiger charge is 2.16. The number of rotatable bonds is 3. The minimum atomic E-state index is -0.488. The summed E-state index contributed by atoms with van der Waals surface area (Å²) in [5, 5.41) is 0. The van der Waals surface area contributed by atoms with Crippen LogP contribution in [0.5, 0.6) is 0 Å². The van der Waals surface area contributed by atoms with E-state index in [4.69, 9.17) is 0 Å². The number of carbonyl (C=O) groups is 1. The molecule has 16 heavy (non-hydrogen) atoms. The van der Waals surface area contributed by atoms with Crippen molar-refractivity contribution in [3.63, 3.8) is 0 Å². The summed E-state index contributed by atoms with van der Waals surface area (Å²) in [7, 11) is 2.75. The number of nitrogens with zero attached hydrogens (tertiary/aromatic N) is 1. The van der Waals surface area contributed by atoms with Gasteiger partial charge in [-0.2, -0.15) is 0 Å². The van der Waals surface area contributed by atoms with E-state index >= 15 is 0 Å². The molecule has 0 aliphatic heterocycles. The average molecular weight is 227 g/mol. The molecule has 0 fully saturated rings. The smallest absolute Gasteiger partial charge is 0.308 e. The molecular weight excluding hydrogens is 213 g/mol. The molecular formula is C11H14FNO3. The normalized spacial score (nSPS) is 12.2. The molecule has 1 rings (SSSR count). The molecule has 1 heterocycles. The Labute approximate surface area is 92.7 Å². The summed E-state index contributed by atoms with van der Waals surface area (Å²) >= 11 is 0. The van der Waals surface area contributed by atoms with Crippen LogP contribution in [-0.2, 0) is 23.0 Å². The molecule has 1 aromatic heterocycles. The highest BCUT2D eigenvalue weighted by atomic mass is 19.1. The molecule has 0 saturated carbocycles. The van der Waals surface area contributed by atoms with Crippen LogP contribution >= 0.6 is 0 Å². The topological polar surface area (TPSA) is 48.3 Å². The van der Waals surface area contributed by atoms with Gasteiger partial charge in [0.15, 0.2) is 0 Å². The molecule has 1 aromatic rings. The Morgan fingerprint density at radius 3 is 2.81 bits per heavy atom. The molecule has 0 aliphatic rings. The van der Waals surface area contributed by atoms with Crippen LogP contribution in [-0.4, -0.2) is 17.6 Å². The second-order valence-electron chi connectivity index (χ2n) is 3.72. The third-order valence-corrected chi connectivity index (χ3v) is 2.39. The molecule has 0 N–H and O–H groups in total. The zero-order valence-electron chi connectivity index (χ0n) is 9.49. The van der Waals surface area contributed by atoms with E-state index in [1.807, 2.05) is 0 Å². The zero-order chi connectivity index (χ0) is 12.3. The number of halogens is 1. The zero-order valence-corrected chi connectivity index (χ0v) is 9.49. The lowest BCUT2D eigenvalue weighted by Gasteiger charge is -2.10. The van der Waals surface area contributed by atoms with Crippen molar-refractivity contribution >= 4 is 5.97 Å². The average Bonchev–Trinajstić information content (AvgIpc) is 2.24. The van der Waals surface area contributed by atoms with Crippen molar-refractivity contribution < 1.29 is 13.9 Å². The summed E-state index contributed by atoms with van der Waals surface area (Å²) in [4.78, 5) is 22.4. The standard InChI is InChI=1S/C11H14FNO3/c1-7(11(15)16-3)4-8-5-10(14)13(2)6-9(8)12/h5-7H,4H2,1-3H3/t7-/m0/s1. The molecule has 0 aromatic carbocycles. The Bertz CT molecular complexity index is 453. The number of hydrogen-bond donors (Lipinski definition) is 0. The van der Waals surface area contributed by atoms with Gasteiger partial charge in [0.05, 0.1) is 13.0 Å². The Morgan fingerprint density at radius 2 is 2.25 bits per heavy atom. The van der Waals surface area contributed by atoms with Gasteiger partial charge in [0, 0.05) is 19.3 Å². The summed E-state index contributed by atoms with van der Waals surface area (Å²) in [6, 6.07) is 1.20. The van der Waals surface area contributed by atoms with Gasteiger partial charge in [-0.15, -0.1) is 0 Å². The molecule has 4 nitrogen and oxygen atoms in total. The molecule has 0 aliphatic carbocycles. The number of hydrogen-bond acceptors (Lipinski definition) is 3. The van der Waals surface area contributed by atoms with Gasteiger partial charge < -0.3 is 9.30 Å². The van der Waals surface area contributed by atoms with Crippen molar-refractivity contribution in [3.05, 3.63) is 34.0 Å². The first-order valence-corrected chi connectivity index (χ1v) is 4.88. The van der Waals surface area contributed by atoms with E-state index in [9.17, 15) is 14.0 Å². The van der Waals surface area contributed by atoms with Crippen molar-refractivity contribution in [2.45, 2.75) is 13.3 Å². The van der Waals surface area contributed by atoms with Gasteiger partial charge in [0.2, 0.25) is 0 Å². The lowest BCUT2D eigenvalue weighted by molar-refractivity contribution is -0.144. The van der Waals surface area contributed by atoms with Gasteiger partial charge >= 0.3 is 5.97 Å². The molecule has 0 unspecified atom stereocenters. The van der Waals surface area contributed by atoms with Gasteiger partial charge in [-0.3, -0.25) is 9.59 Å². The quantitative estimate of drug-likeness (QED) is 0.720. The molecule has 88 valence electrons. The first-order chi connectivity index (χ1) is 7.45. The Kier molecular flexibility index (Phi) is 3.82. The number of aryl methyl sites for hydroxylation is 1. The number of pyridine rings is 1. The lowest BCUT2D eigenvalue weighted by Crippen LogP contribution is -2.20. The van der Waals surface area contributed by atoms with E-state index in [0.717, 1.165) is 10.8 Å². The maximum absolute atomic E-state index is 13.4. The van der Waals surface area contributed by atoms with Gasteiger partial charge in [-0.25, -0.2) is 4.39 Å². The van der Waals surface area contributed by atoms with Crippen molar-refractivity contribution in [1.29, 1.82) is 0 Å². The Hall–Kier alpha value is -1.65. The largest absolute Gasteiger partial charge is 0.469 e. The van der Waals surface area contributed by atoms with Gasteiger partial charge in [-0.1, -0.05) is 6.92 Å². The van der Waals surface area contributed by atoms with Crippen LogP contribution in [0.15, 0.2) is 17.1 Å². The number of aromatic nitrogens is 1. The Balaban J connectivity index is 2.94. The maximum atomic E-state index is 13.4. The van der Waals surface area contributed by atoms with E-state index in [2.05, 4.69) is 4.74 Å². The molecule has 0 radical (unpaired) electrons. The summed E-state index contributed by atoms with van der Waals surface area (Å²) < 4.78 is 19.1. The number of esters is 1. The first kappa shape index (κ1) is 12.4. The van der Waals surface area contributed by atoms with E-state index < -0.39 is 17.7 Å². The van der Waals surface area contributed by atoms with E-state index in [1.54, 1.807) is 6.92 Å². The fourth-order valence-corrected chi connectivity index (χ4v) is 1.41. The van der Waals surface area contributed by atoms with Crippen LogP contribution in [0, 0.1) is 11.7 Å². The van der Waals surface area contributed by atoms with E-state index in [1.165, 1.54) is 20.2 Å². The van der Waals surface area contributed by atoms with E-state index in [0.29, 0.717) is 0 Å². The second kappa shape index (κ2) is 4.92. The Morgan fingerprint density at radius 1 is 1.62 bits per heavy atom. The molecule has 0 spiro atoms. The number of carbonyl (C=O) groups excluding carboxylic acids is 1. The monoisotopic (exact) mass is 227 g/mol. The SMILES string of the molecule is COC(=O)[C@@H](C)Cc1cc(=O)n(C)cc1F. The highest BCUT2D eigenvalue weighted by molar-refractivity contribution is 5.72. The summed E-state index contributed by atoms with van der Waals surface area (Å²) in [6.07, 6.45) is 1.27. The molecule has 1 atom stereocenters. The third kappa shape index (κ3) is 2.68. The molecule has 0 bridgehead atoms. The van der Waals surface area contributed by atoms with Crippen LogP contribution in [0.25, 0.3) is 0 Å². The van der Waals surface area contributed by atoms with Crippen molar-refractivity contribution in [2.24, 2.45) is 13.0 Å². The molecule has 5 heteroatoms. The van der Waals surface area contributed by atoms with Crippen LogP contribution in [0.3, 0.4) is 0 Å². The van der Waals surface area contributed by atoms with E-state index in [-0.39, 0.29) is 17.5 Å². The highest BCUT2D eigenvalue weighted by Crippen LogP contribution is 2.11. The van der Waals surface area contributed by atoms with Gasteiger partial charge in [0.25, 0.3) is 5.56 Å². The molecule has 0 saturated heterocycles. The van der Waals surface area contributed by atoms with Crippen molar-refractivity contribution in [3.8, 4) is 0 Å². The molecule has 0 amide bonds. The minimum Gasteiger partial charge on any atom is -0.469 e. The van der Waals surface area contributed by atoms with Crippen LogP contribution in [0.2, 0.25) is 0 Å². The van der Waals surface area contributed by atoms with Gasteiger partial charge in [0.1, 0.15) is 5.82 Å². The third-order valence-electron chi connectivity index (χ3n) is 2.39. The lowest BCUT2D eigenvalue weighted by atomic mass is 10.0. The fourth-order valence-electron chi connectivity index (χ4n) is 1.41. The summed E-state index contributed by atoms with van der Waals surface area (Å²) in [5.74, 6) is -1.37. The summed E-state index contributed by atoms with van der Waals surface area (Å²) in [5.41, 5.74) is -0.0607. The maximum Gasteiger partial charge on any atom is 0.308 e. The first-order valence-electron chi connectivity index (χ1n) is 4.88. The van der Waals surface area contributed by atoms with Crippen LogP contribution < -0.4 is 5.56 Å². The number of methoxy groups -OCH3 is 1. The summed E-state index contributed by atoms with van der Waals surface area (Å²) in [6.45, 7) is 1.63. The predicted octanol–water partition coefficient (Wildman–Crippen LogP) is 0.876. The van der Waals surface area contributed by atoms with Crippen LogP contribution in [0.1, 0.15) is 12.5 Å². The fraction of sp³-hybridized carbons (Fsp3) is 0.455. The van der Waals surface area contributed by atoms with Crippen LogP contribution in [0.4, 0.5) is 4.39 Å². The van der Waals surface area contributed by atoms with Crippen molar-refractivity contribution in [1.82, 2.24) is 4.57 Å². The minimum absolute atomic E-state index is 0.161. The van der Waals surface area contributed by atoms with Crippen molar-refractivity contribution in [2.75, 3.05) is 7.11 Å². The predicted molar refractivity (Wildman–Crippen MR) is 56.5 cm³/mol.